The number of hydrogen-bond acceptors (Lipinski definition) is 3. The van der Waals surface area contributed by atoms with Crippen LogP contribution in [0.5, 0.6) is 0 Å². The lowest BCUT2D eigenvalue weighted by Crippen LogP contribution is -2.05. The van der Waals surface area contributed by atoms with E-state index >= 15 is 0 Å². The molecule has 1 aromatic carbocycles. The zero-order valence-electron chi connectivity index (χ0n) is 7.77. The molecule has 1 aromatic heterocycles. The van der Waals surface area contributed by atoms with E-state index in [1.807, 2.05) is 0 Å². The van der Waals surface area contributed by atoms with E-state index in [2.05, 4.69) is 15.5 Å². The first kappa shape index (κ1) is 10.0. The van der Waals surface area contributed by atoms with E-state index in [-0.39, 0.29) is 11.7 Å². The number of tetrazole rings is 1. The molecule has 15 heavy (non-hydrogen) atoms. The van der Waals surface area contributed by atoms with Crippen molar-refractivity contribution in [3.8, 4) is 0 Å². The minimum atomic E-state index is -0.256. The number of aromatic nitrogens is 4. The molecule has 0 aliphatic rings. The molecule has 0 aliphatic carbocycles. The molecule has 0 saturated carbocycles. The van der Waals surface area contributed by atoms with Crippen LogP contribution in [0.3, 0.4) is 0 Å². The second-order valence-electron chi connectivity index (χ2n) is 3.01. The molecule has 4 nitrogen and oxygen atoms in total. The first-order valence-corrected chi connectivity index (χ1v) is 4.88. The molecule has 0 amide bonds. The van der Waals surface area contributed by atoms with Crippen molar-refractivity contribution in [2.75, 3.05) is 0 Å². The van der Waals surface area contributed by atoms with E-state index in [1.165, 1.54) is 12.1 Å². The predicted molar refractivity (Wildman–Crippen MR) is 52.9 cm³/mol. The summed E-state index contributed by atoms with van der Waals surface area (Å²) in [6.07, 6.45) is 0. The Bertz CT molecular complexity index is 440. The molecule has 2 aromatic rings. The van der Waals surface area contributed by atoms with Gasteiger partial charge in [0.25, 0.3) is 0 Å². The SMILES string of the molecule is Fc1ccc(Cn2nnnc2CCl)cc1. The Balaban J connectivity index is 2.18. The minimum Gasteiger partial charge on any atom is -0.224 e. The molecule has 0 bridgehead atoms. The minimum absolute atomic E-state index is 0.256. The highest BCUT2D eigenvalue weighted by atomic mass is 35.5. The van der Waals surface area contributed by atoms with Gasteiger partial charge >= 0.3 is 0 Å². The average Bonchev–Trinajstić information content (AvgIpc) is 2.69. The topological polar surface area (TPSA) is 43.6 Å². The second kappa shape index (κ2) is 4.35. The normalized spacial score (nSPS) is 10.5. The van der Waals surface area contributed by atoms with Gasteiger partial charge in [0.2, 0.25) is 0 Å². The third kappa shape index (κ3) is 2.30. The molecule has 0 atom stereocenters. The number of rotatable bonds is 3. The Morgan fingerprint density at radius 2 is 2.00 bits per heavy atom. The highest BCUT2D eigenvalue weighted by Crippen LogP contribution is 2.06. The lowest BCUT2D eigenvalue weighted by molar-refractivity contribution is 0.616. The van der Waals surface area contributed by atoms with E-state index in [9.17, 15) is 4.39 Å². The molecule has 0 radical (unpaired) electrons. The van der Waals surface area contributed by atoms with Crippen molar-refractivity contribution < 1.29 is 4.39 Å². The third-order valence-electron chi connectivity index (χ3n) is 1.97. The van der Waals surface area contributed by atoms with Gasteiger partial charge in [0, 0.05) is 0 Å². The van der Waals surface area contributed by atoms with Gasteiger partial charge in [-0.15, -0.1) is 16.7 Å². The highest BCUT2D eigenvalue weighted by molar-refractivity contribution is 6.16. The highest BCUT2D eigenvalue weighted by Gasteiger charge is 2.04. The first-order valence-electron chi connectivity index (χ1n) is 4.35. The summed E-state index contributed by atoms with van der Waals surface area (Å²) in [6.45, 7) is 0.495. The quantitative estimate of drug-likeness (QED) is 0.747. The monoisotopic (exact) mass is 226 g/mol. The Morgan fingerprint density at radius 1 is 1.27 bits per heavy atom. The fraction of sp³-hybridized carbons (Fsp3) is 0.222. The fourth-order valence-corrected chi connectivity index (χ4v) is 1.40. The van der Waals surface area contributed by atoms with Crippen LogP contribution in [-0.2, 0) is 12.4 Å². The molecule has 0 aliphatic heterocycles. The smallest absolute Gasteiger partial charge is 0.166 e. The fourth-order valence-electron chi connectivity index (χ4n) is 1.20. The van der Waals surface area contributed by atoms with Gasteiger partial charge in [-0.2, -0.15) is 0 Å². The van der Waals surface area contributed by atoms with Crippen molar-refractivity contribution in [3.63, 3.8) is 0 Å². The van der Waals surface area contributed by atoms with Crippen LogP contribution >= 0.6 is 11.6 Å². The van der Waals surface area contributed by atoms with Crippen molar-refractivity contribution >= 4 is 11.6 Å². The van der Waals surface area contributed by atoms with E-state index in [4.69, 9.17) is 11.6 Å². The van der Waals surface area contributed by atoms with E-state index in [1.54, 1.807) is 16.8 Å². The standard InChI is InChI=1S/C9H8ClFN4/c10-5-9-12-13-14-15(9)6-7-1-3-8(11)4-2-7/h1-4H,5-6H2. The molecule has 0 saturated heterocycles. The van der Waals surface area contributed by atoms with E-state index < -0.39 is 0 Å². The summed E-state index contributed by atoms with van der Waals surface area (Å²) >= 11 is 5.64. The van der Waals surface area contributed by atoms with Crippen molar-refractivity contribution in [1.82, 2.24) is 20.2 Å². The van der Waals surface area contributed by atoms with Crippen molar-refractivity contribution in [3.05, 3.63) is 41.5 Å². The van der Waals surface area contributed by atoms with Gasteiger partial charge < -0.3 is 0 Å². The van der Waals surface area contributed by atoms with Crippen LogP contribution < -0.4 is 0 Å². The predicted octanol–water partition coefficient (Wildman–Crippen LogP) is 1.60. The number of halogens is 2. The van der Waals surface area contributed by atoms with Crippen LogP contribution in [0.15, 0.2) is 24.3 Å². The number of alkyl halides is 1. The molecule has 0 spiro atoms. The zero-order chi connectivity index (χ0) is 10.7. The Labute approximate surface area is 90.7 Å². The largest absolute Gasteiger partial charge is 0.224 e. The number of benzene rings is 1. The maximum absolute atomic E-state index is 12.6. The lowest BCUT2D eigenvalue weighted by Gasteiger charge is -2.02. The molecule has 0 fully saturated rings. The van der Waals surface area contributed by atoms with Gasteiger partial charge in [-0.3, -0.25) is 0 Å². The molecule has 0 N–H and O–H groups in total. The Kier molecular flexibility index (Phi) is 2.91. The summed E-state index contributed by atoms with van der Waals surface area (Å²) in [5, 5.41) is 11.0. The summed E-state index contributed by atoms with van der Waals surface area (Å²) in [6, 6.07) is 6.18. The molecule has 6 heteroatoms. The average molecular weight is 227 g/mol. The molecule has 2 rings (SSSR count). The van der Waals surface area contributed by atoms with Crippen molar-refractivity contribution in [2.24, 2.45) is 0 Å². The van der Waals surface area contributed by atoms with E-state index in [0.717, 1.165) is 5.56 Å². The molecular weight excluding hydrogens is 219 g/mol. The Hall–Kier alpha value is -1.49. The van der Waals surface area contributed by atoms with Crippen LogP contribution in [0.1, 0.15) is 11.4 Å². The summed E-state index contributed by atoms with van der Waals surface area (Å²) in [5.41, 5.74) is 0.926. The van der Waals surface area contributed by atoms with Crippen molar-refractivity contribution in [2.45, 2.75) is 12.4 Å². The van der Waals surface area contributed by atoms with Gasteiger partial charge in [-0.25, -0.2) is 9.07 Å². The lowest BCUT2D eigenvalue weighted by atomic mass is 10.2. The summed E-state index contributed by atoms with van der Waals surface area (Å²) in [5.74, 6) is 0.600. The van der Waals surface area contributed by atoms with Gasteiger partial charge in [0.15, 0.2) is 5.82 Å². The number of nitrogens with zero attached hydrogens (tertiary/aromatic N) is 4. The molecule has 0 unspecified atom stereocenters. The first-order chi connectivity index (χ1) is 7.29. The maximum Gasteiger partial charge on any atom is 0.166 e. The third-order valence-corrected chi connectivity index (χ3v) is 2.21. The molecule has 78 valence electrons. The maximum atomic E-state index is 12.6. The van der Waals surface area contributed by atoms with Crippen molar-refractivity contribution in [1.29, 1.82) is 0 Å². The second-order valence-corrected chi connectivity index (χ2v) is 3.28. The molecular formula is C9H8ClFN4. The summed E-state index contributed by atoms with van der Waals surface area (Å²) < 4.78 is 14.2. The van der Waals surface area contributed by atoms with E-state index in [0.29, 0.717) is 12.4 Å². The zero-order valence-corrected chi connectivity index (χ0v) is 8.52. The Morgan fingerprint density at radius 3 is 2.67 bits per heavy atom. The summed E-state index contributed by atoms with van der Waals surface area (Å²) in [7, 11) is 0. The van der Waals surface area contributed by atoms with Crippen LogP contribution in [0, 0.1) is 5.82 Å². The van der Waals surface area contributed by atoms with Gasteiger partial charge in [0.1, 0.15) is 5.82 Å². The van der Waals surface area contributed by atoms with Crippen LogP contribution in [-0.4, -0.2) is 20.2 Å². The number of hydrogen-bond donors (Lipinski definition) is 0. The molecule has 1 heterocycles. The van der Waals surface area contributed by atoms with Gasteiger partial charge in [-0.1, -0.05) is 12.1 Å². The van der Waals surface area contributed by atoms with Gasteiger partial charge in [-0.05, 0) is 28.1 Å². The van der Waals surface area contributed by atoms with Crippen LogP contribution in [0.2, 0.25) is 0 Å². The summed E-state index contributed by atoms with van der Waals surface area (Å²) in [4.78, 5) is 0. The van der Waals surface area contributed by atoms with Crippen LogP contribution in [0.25, 0.3) is 0 Å². The van der Waals surface area contributed by atoms with Crippen LogP contribution in [0.4, 0.5) is 4.39 Å². The van der Waals surface area contributed by atoms with Gasteiger partial charge in [0.05, 0.1) is 12.4 Å².